The highest BCUT2D eigenvalue weighted by Gasteiger charge is 2.54. The fourth-order valence-corrected chi connectivity index (χ4v) is 5.79. The number of oxime groups is 1. The number of carbonyl (C=O) groups excluding carboxylic acids is 2. The lowest BCUT2D eigenvalue weighted by Gasteiger charge is -2.49. The number of aromatic nitrogens is 6. The predicted molar refractivity (Wildman–Crippen MR) is 112 cm³/mol. The van der Waals surface area contributed by atoms with Crippen LogP contribution in [0.25, 0.3) is 0 Å². The number of tetrazole rings is 1. The number of nitrogens with two attached hydrogens (primary N) is 1. The Morgan fingerprint density at radius 1 is 1.44 bits per heavy atom. The normalized spacial score (nSPS) is 20.7. The van der Waals surface area contributed by atoms with Crippen molar-refractivity contribution < 1.29 is 24.7 Å². The molecule has 2 aromatic rings. The standard InChI is InChI=1S/C14H14N10O5S3/c1-23-14(18-21-22-23)31-3-4-2-30-11-6(10(26)24(11)7(4)12(27)28)16-9(25)5(19-29)8-17-13(15)32-20-8/h6,11,29H,2-3H2,1H3,(H,16,25)(H,27,28)(H2,15,17,20)/t6?,11-/m0/s1. The molecule has 0 aromatic carbocycles. The van der Waals surface area contributed by atoms with E-state index >= 15 is 0 Å². The van der Waals surface area contributed by atoms with Crippen molar-refractivity contribution in [2.45, 2.75) is 16.6 Å². The number of amides is 2. The van der Waals surface area contributed by atoms with Gasteiger partial charge in [-0.15, -0.1) is 16.9 Å². The molecule has 2 amide bonds. The highest BCUT2D eigenvalue weighted by atomic mass is 32.2. The van der Waals surface area contributed by atoms with Gasteiger partial charge in [0.15, 0.2) is 5.13 Å². The molecule has 15 nitrogen and oxygen atoms in total. The van der Waals surface area contributed by atoms with Crippen molar-refractivity contribution >= 4 is 63.7 Å². The van der Waals surface area contributed by atoms with E-state index in [1.807, 2.05) is 0 Å². The SMILES string of the molecule is Cn1nnnc1SCC1=C(C(=O)O)N2C(=O)C(NC(=O)C(=NO)c3nsc(N)n3)[C@@H]2SC1. The van der Waals surface area contributed by atoms with Crippen molar-refractivity contribution in [2.24, 2.45) is 12.2 Å². The van der Waals surface area contributed by atoms with Gasteiger partial charge in [-0.2, -0.15) is 9.36 Å². The van der Waals surface area contributed by atoms with Gasteiger partial charge in [0.25, 0.3) is 11.8 Å². The molecule has 0 radical (unpaired) electrons. The zero-order valence-electron chi connectivity index (χ0n) is 16.1. The number of thioether (sulfide) groups is 2. The van der Waals surface area contributed by atoms with Crippen LogP contribution in [0.3, 0.4) is 0 Å². The van der Waals surface area contributed by atoms with Gasteiger partial charge in [0.05, 0.1) is 0 Å². The maximum absolute atomic E-state index is 12.7. The number of carboxylic acid groups (broad SMARTS) is 1. The van der Waals surface area contributed by atoms with Crippen LogP contribution < -0.4 is 11.1 Å². The van der Waals surface area contributed by atoms with Crippen molar-refractivity contribution in [3.8, 4) is 0 Å². The Kier molecular flexibility index (Phi) is 5.98. The zero-order chi connectivity index (χ0) is 23.0. The second-order valence-electron chi connectivity index (χ2n) is 6.40. The molecule has 2 atom stereocenters. The number of rotatable bonds is 7. The lowest BCUT2D eigenvalue weighted by Crippen LogP contribution is -2.71. The molecule has 1 saturated heterocycles. The summed E-state index contributed by atoms with van der Waals surface area (Å²) in [5, 5.41) is 35.3. The largest absolute Gasteiger partial charge is 0.477 e. The van der Waals surface area contributed by atoms with E-state index in [0.29, 0.717) is 16.5 Å². The van der Waals surface area contributed by atoms with Crippen LogP contribution in [0.1, 0.15) is 5.82 Å². The molecule has 4 heterocycles. The molecule has 18 heteroatoms. The summed E-state index contributed by atoms with van der Waals surface area (Å²) in [6.07, 6.45) is 0. The molecular weight excluding hydrogens is 484 g/mol. The first-order valence-electron chi connectivity index (χ1n) is 8.69. The first kappa shape index (κ1) is 22.0. The summed E-state index contributed by atoms with van der Waals surface area (Å²) in [5.41, 5.74) is 5.38. The number of anilines is 1. The van der Waals surface area contributed by atoms with Crippen LogP contribution in [0.2, 0.25) is 0 Å². The van der Waals surface area contributed by atoms with Crippen LogP contribution in [-0.2, 0) is 21.4 Å². The minimum Gasteiger partial charge on any atom is -0.477 e. The topological polar surface area (TPSA) is 215 Å². The number of β-lactam (4-membered cyclic amide) rings is 1. The highest BCUT2D eigenvalue weighted by Crippen LogP contribution is 2.41. The maximum atomic E-state index is 12.7. The number of nitrogens with one attached hydrogen (secondary N) is 1. The average Bonchev–Trinajstić information content (AvgIpc) is 3.37. The monoisotopic (exact) mass is 498 g/mol. The number of nitrogens with zero attached hydrogens (tertiary/aromatic N) is 8. The second-order valence-corrected chi connectivity index (χ2v) is 9.23. The Morgan fingerprint density at radius 2 is 2.22 bits per heavy atom. The van der Waals surface area contributed by atoms with Crippen molar-refractivity contribution in [3.63, 3.8) is 0 Å². The van der Waals surface area contributed by atoms with E-state index in [1.54, 1.807) is 7.05 Å². The Bertz CT molecular complexity index is 1160. The van der Waals surface area contributed by atoms with E-state index in [2.05, 4.69) is 35.4 Å². The molecule has 5 N–H and O–H groups in total. The smallest absolute Gasteiger partial charge is 0.352 e. The number of nitrogen functional groups attached to an aromatic ring is 1. The number of fused-ring (bicyclic) bond motifs is 1. The van der Waals surface area contributed by atoms with Crippen LogP contribution in [0.4, 0.5) is 5.13 Å². The Hall–Kier alpha value is -3.25. The molecule has 2 aliphatic rings. The summed E-state index contributed by atoms with van der Waals surface area (Å²) in [6.45, 7) is 0. The van der Waals surface area contributed by atoms with Gasteiger partial charge in [0, 0.05) is 30.1 Å². The van der Waals surface area contributed by atoms with Crippen LogP contribution in [0.15, 0.2) is 21.6 Å². The molecule has 0 bridgehead atoms. The molecule has 168 valence electrons. The van der Waals surface area contributed by atoms with E-state index in [9.17, 15) is 24.7 Å². The van der Waals surface area contributed by atoms with Gasteiger partial charge >= 0.3 is 5.97 Å². The van der Waals surface area contributed by atoms with Crippen LogP contribution in [-0.4, -0.2) is 91.2 Å². The molecular formula is C14H14N10O5S3. The second kappa shape index (κ2) is 8.71. The van der Waals surface area contributed by atoms with E-state index in [1.165, 1.54) is 28.2 Å². The maximum Gasteiger partial charge on any atom is 0.352 e. The van der Waals surface area contributed by atoms with Crippen molar-refractivity contribution in [1.29, 1.82) is 0 Å². The van der Waals surface area contributed by atoms with E-state index < -0.39 is 34.9 Å². The number of hydrogen-bond donors (Lipinski definition) is 4. The summed E-state index contributed by atoms with van der Waals surface area (Å²) in [6, 6.07) is -1.01. The molecule has 0 aliphatic carbocycles. The van der Waals surface area contributed by atoms with Crippen LogP contribution >= 0.6 is 35.1 Å². The van der Waals surface area contributed by atoms with E-state index in [0.717, 1.165) is 16.4 Å². The lowest BCUT2D eigenvalue weighted by atomic mass is 10.0. The average molecular weight is 499 g/mol. The van der Waals surface area contributed by atoms with Gasteiger partial charge in [-0.25, -0.2) is 9.48 Å². The first-order chi connectivity index (χ1) is 15.3. The van der Waals surface area contributed by atoms with Gasteiger partial charge in [-0.1, -0.05) is 16.9 Å². The lowest BCUT2D eigenvalue weighted by molar-refractivity contribution is -0.150. The van der Waals surface area contributed by atoms with Gasteiger partial charge in [-0.05, 0) is 16.0 Å². The number of hydrogen-bond acceptors (Lipinski definition) is 14. The molecule has 2 aliphatic heterocycles. The molecule has 0 saturated carbocycles. The van der Waals surface area contributed by atoms with Crippen molar-refractivity contribution in [1.82, 2.24) is 39.8 Å². The number of carbonyl (C=O) groups is 3. The summed E-state index contributed by atoms with van der Waals surface area (Å²) < 4.78 is 5.26. The van der Waals surface area contributed by atoms with Crippen molar-refractivity contribution in [3.05, 3.63) is 17.1 Å². The van der Waals surface area contributed by atoms with Gasteiger partial charge in [0.2, 0.25) is 16.7 Å². The summed E-state index contributed by atoms with van der Waals surface area (Å²) >= 11 is 3.36. The minimum atomic E-state index is -1.25. The van der Waals surface area contributed by atoms with Gasteiger partial charge in [0.1, 0.15) is 17.1 Å². The molecule has 2 aromatic heterocycles. The van der Waals surface area contributed by atoms with Crippen LogP contribution in [0.5, 0.6) is 0 Å². The number of aliphatic carboxylic acids is 1. The zero-order valence-corrected chi connectivity index (χ0v) is 18.5. The molecule has 32 heavy (non-hydrogen) atoms. The number of aryl methyl sites for hydroxylation is 1. The molecule has 1 unspecified atom stereocenters. The fraction of sp³-hybridized carbons (Fsp3) is 0.357. The third kappa shape index (κ3) is 3.86. The Balaban J connectivity index is 1.48. The minimum absolute atomic E-state index is 0.0708. The first-order valence-corrected chi connectivity index (χ1v) is 11.5. The van der Waals surface area contributed by atoms with Crippen molar-refractivity contribution in [2.75, 3.05) is 17.2 Å². The Labute approximate surface area is 191 Å². The van der Waals surface area contributed by atoms with Gasteiger partial charge in [-0.3, -0.25) is 14.5 Å². The van der Waals surface area contributed by atoms with Crippen LogP contribution in [0, 0.1) is 0 Å². The van der Waals surface area contributed by atoms with Gasteiger partial charge < -0.3 is 21.4 Å². The summed E-state index contributed by atoms with van der Waals surface area (Å²) in [4.78, 5) is 42.1. The predicted octanol–water partition coefficient (Wildman–Crippen LogP) is -1.65. The highest BCUT2D eigenvalue weighted by molar-refractivity contribution is 8.01. The summed E-state index contributed by atoms with van der Waals surface area (Å²) in [7, 11) is 1.66. The van der Waals surface area contributed by atoms with E-state index in [-0.39, 0.29) is 22.4 Å². The summed E-state index contributed by atoms with van der Waals surface area (Å²) in [5.74, 6) is -2.32. The third-order valence-corrected chi connectivity index (χ3v) is 7.44. The molecule has 0 spiro atoms. The third-order valence-electron chi connectivity index (χ3n) is 4.46. The molecule has 4 rings (SSSR count). The molecule has 1 fully saturated rings. The Morgan fingerprint density at radius 3 is 2.81 bits per heavy atom. The quantitative estimate of drug-likeness (QED) is 0.111. The number of carboxylic acids is 1. The fourth-order valence-electron chi connectivity index (χ4n) is 3.02. The van der Waals surface area contributed by atoms with E-state index in [4.69, 9.17) is 5.73 Å².